The van der Waals surface area contributed by atoms with Gasteiger partial charge in [-0.3, -0.25) is 29.8 Å². The predicted molar refractivity (Wildman–Crippen MR) is 112 cm³/mol. The molecule has 2 aromatic carbocycles. The van der Waals surface area contributed by atoms with Gasteiger partial charge in [-0.1, -0.05) is 12.1 Å². The number of carbonyl (C=O) groups is 2. The van der Waals surface area contributed by atoms with Crippen LogP contribution >= 0.6 is 0 Å². The Morgan fingerprint density at radius 2 is 1.91 bits per heavy atom. The minimum atomic E-state index is -0.839. The van der Waals surface area contributed by atoms with Crippen LogP contribution in [0.2, 0.25) is 0 Å². The highest BCUT2D eigenvalue weighted by molar-refractivity contribution is 6.04. The Kier molecular flexibility index (Phi) is 7.29. The number of nitro groups is 2. The van der Waals surface area contributed by atoms with Gasteiger partial charge in [0.05, 0.1) is 33.3 Å². The van der Waals surface area contributed by atoms with Gasteiger partial charge < -0.3 is 20.1 Å². The van der Waals surface area contributed by atoms with Crippen LogP contribution in [0.15, 0.2) is 42.5 Å². The molecule has 0 spiro atoms. The molecule has 1 saturated heterocycles. The maximum absolute atomic E-state index is 12.5. The van der Waals surface area contributed by atoms with Crippen molar-refractivity contribution in [3.63, 3.8) is 0 Å². The zero-order chi connectivity index (χ0) is 23.1. The van der Waals surface area contributed by atoms with Crippen LogP contribution in [0.4, 0.5) is 17.1 Å². The molecule has 0 bridgehead atoms. The Hall–Kier alpha value is -4.06. The summed E-state index contributed by atoms with van der Waals surface area (Å²) in [6.45, 7) is 0.415. The van der Waals surface area contributed by atoms with Gasteiger partial charge in [0.15, 0.2) is 12.4 Å². The molecule has 168 valence electrons. The van der Waals surface area contributed by atoms with Gasteiger partial charge in [0.25, 0.3) is 17.5 Å². The normalized spacial score (nSPS) is 15.1. The van der Waals surface area contributed by atoms with E-state index in [1.165, 1.54) is 6.07 Å². The number of anilines is 1. The van der Waals surface area contributed by atoms with Crippen LogP contribution in [-0.4, -0.2) is 47.5 Å². The average molecular weight is 444 g/mol. The number of hydrogen-bond donors (Lipinski definition) is 2. The van der Waals surface area contributed by atoms with Gasteiger partial charge in [-0.25, -0.2) is 0 Å². The van der Waals surface area contributed by atoms with Gasteiger partial charge in [-0.15, -0.1) is 0 Å². The number of para-hydroxylation sites is 1. The number of nitrogens with zero attached hydrogens (tertiary/aromatic N) is 2. The lowest BCUT2D eigenvalue weighted by Crippen LogP contribution is -2.32. The van der Waals surface area contributed by atoms with E-state index in [1.54, 1.807) is 18.2 Å². The van der Waals surface area contributed by atoms with E-state index >= 15 is 0 Å². The second-order valence-electron chi connectivity index (χ2n) is 6.89. The fraction of sp³-hybridized carbons (Fsp3) is 0.300. The number of rotatable bonds is 9. The van der Waals surface area contributed by atoms with Crippen molar-refractivity contribution in [2.24, 2.45) is 0 Å². The smallest absolute Gasteiger partial charge is 0.317 e. The van der Waals surface area contributed by atoms with E-state index in [0.29, 0.717) is 13.2 Å². The molecule has 1 atom stereocenters. The Labute approximate surface area is 181 Å². The highest BCUT2D eigenvalue weighted by Crippen LogP contribution is 2.31. The van der Waals surface area contributed by atoms with Crippen molar-refractivity contribution in [3.05, 3.63) is 68.3 Å². The first kappa shape index (κ1) is 22.6. The number of hydrogen-bond acceptors (Lipinski definition) is 8. The Morgan fingerprint density at radius 3 is 2.59 bits per heavy atom. The lowest BCUT2D eigenvalue weighted by atomic mass is 10.1. The van der Waals surface area contributed by atoms with Crippen molar-refractivity contribution < 1.29 is 28.9 Å². The molecule has 2 amide bonds. The molecular formula is C20H20N4O8. The molecule has 0 aromatic heterocycles. The minimum Gasteiger partial charge on any atom is -0.477 e. The SMILES string of the molecule is O=C(COc1ccc([N+](=O)[O-])cc1[N+](=O)[O-])Nc1ccccc1C(=O)NCC1CCCO1. The third kappa shape index (κ3) is 5.76. The number of carbonyl (C=O) groups excluding carboxylic acids is 2. The number of benzene rings is 2. The standard InChI is InChI=1S/C20H20N4O8/c25-19(12-32-18-8-7-13(23(27)28)10-17(18)24(29)30)22-16-6-2-1-5-15(16)20(26)21-11-14-4-3-9-31-14/h1-2,5-8,10,14H,3-4,9,11-12H2,(H,21,26)(H,22,25). The summed E-state index contributed by atoms with van der Waals surface area (Å²) in [5.41, 5.74) is -0.637. The quantitative estimate of drug-likeness (QED) is 0.440. The molecule has 1 aliphatic rings. The average Bonchev–Trinajstić information content (AvgIpc) is 3.30. The molecule has 3 rings (SSSR count). The third-order valence-electron chi connectivity index (χ3n) is 4.67. The number of nitrogens with one attached hydrogen (secondary N) is 2. The number of non-ortho nitro benzene ring substituents is 1. The molecule has 0 radical (unpaired) electrons. The van der Waals surface area contributed by atoms with Gasteiger partial charge >= 0.3 is 5.69 Å². The van der Waals surface area contributed by atoms with E-state index in [9.17, 15) is 29.8 Å². The summed E-state index contributed by atoms with van der Waals surface area (Å²) in [4.78, 5) is 45.2. The highest BCUT2D eigenvalue weighted by Gasteiger charge is 2.22. The minimum absolute atomic E-state index is 0.0356. The van der Waals surface area contributed by atoms with Crippen LogP contribution in [0, 0.1) is 20.2 Å². The molecule has 12 heteroatoms. The molecule has 1 fully saturated rings. The van der Waals surface area contributed by atoms with E-state index in [0.717, 1.165) is 31.0 Å². The molecule has 1 aliphatic heterocycles. The first-order chi connectivity index (χ1) is 15.3. The molecule has 2 N–H and O–H groups in total. The number of amides is 2. The molecule has 12 nitrogen and oxygen atoms in total. The second-order valence-corrected chi connectivity index (χ2v) is 6.89. The topological polar surface area (TPSA) is 163 Å². The first-order valence-electron chi connectivity index (χ1n) is 9.69. The van der Waals surface area contributed by atoms with Gasteiger partial charge in [0, 0.05) is 19.2 Å². The van der Waals surface area contributed by atoms with Gasteiger partial charge in [0.1, 0.15) is 0 Å². The summed E-state index contributed by atoms with van der Waals surface area (Å²) in [5.74, 6) is -1.35. The zero-order valence-corrected chi connectivity index (χ0v) is 16.8. The summed E-state index contributed by atoms with van der Waals surface area (Å²) in [7, 11) is 0. The van der Waals surface area contributed by atoms with Crippen LogP contribution in [0.25, 0.3) is 0 Å². The predicted octanol–water partition coefficient (Wildman–Crippen LogP) is 2.43. The fourth-order valence-corrected chi connectivity index (χ4v) is 3.11. The van der Waals surface area contributed by atoms with Crippen molar-refractivity contribution >= 4 is 28.9 Å². The molecule has 32 heavy (non-hydrogen) atoms. The van der Waals surface area contributed by atoms with Crippen LogP contribution in [-0.2, 0) is 9.53 Å². The highest BCUT2D eigenvalue weighted by atomic mass is 16.6. The van der Waals surface area contributed by atoms with Crippen molar-refractivity contribution in [2.45, 2.75) is 18.9 Å². The van der Waals surface area contributed by atoms with Gasteiger partial charge in [-0.05, 0) is 31.0 Å². The monoisotopic (exact) mass is 444 g/mol. The van der Waals surface area contributed by atoms with Crippen LogP contribution in [0.1, 0.15) is 23.2 Å². The maximum Gasteiger partial charge on any atom is 0.317 e. The molecule has 0 aliphatic carbocycles. The Morgan fingerprint density at radius 1 is 1.12 bits per heavy atom. The van der Waals surface area contributed by atoms with Crippen LogP contribution in [0.5, 0.6) is 5.75 Å². The lowest BCUT2D eigenvalue weighted by molar-refractivity contribution is -0.394. The van der Waals surface area contributed by atoms with Crippen molar-refractivity contribution in [2.75, 3.05) is 25.1 Å². The van der Waals surface area contributed by atoms with Crippen molar-refractivity contribution in [3.8, 4) is 5.75 Å². The van der Waals surface area contributed by atoms with Crippen molar-refractivity contribution in [1.82, 2.24) is 5.32 Å². The van der Waals surface area contributed by atoms with E-state index in [4.69, 9.17) is 9.47 Å². The molecule has 2 aromatic rings. The van der Waals surface area contributed by atoms with Gasteiger partial charge in [-0.2, -0.15) is 0 Å². The summed E-state index contributed by atoms with van der Waals surface area (Å²) in [5, 5.41) is 27.3. The van der Waals surface area contributed by atoms with E-state index in [1.807, 2.05) is 0 Å². The van der Waals surface area contributed by atoms with Crippen molar-refractivity contribution in [1.29, 1.82) is 0 Å². The molecule has 0 saturated carbocycles. The molecule has 1 unspecified atom stereocenters. The summed E-state index contributed by atoms with van der Waals surface area (Å²) >= 11 is 0. The zero-order valence-electron chi connectivity index (χ0n) is 16.8. The largest absolute Gasteiger partial charge is 0.477 e. The number of nitro benzene ring substituents is 2. The third-order valence-corrected chi connectivity index (χ3v) is 4.67. The summed E-state index contributed by atoms with van der Waals surface area (Å²) in [6, 6.07) is 9.20. The van der Waals surface area contributed by atoms with Crippen LogP contribution < -0.4 is 15.4 Å². The number of ether oxygens (including phenoxy) is 2. The molecular weight excluding hydrogens is 424 g/mol. The summed E-state index contributed by atoms with van der Waals surface area (Å²) in [6.07, 6.45) is 1.77. The Balaban J connectivity index is 1.62. The molecule has 1 heterocycles. The first-order valence-corrected chi connectivity index (χ1v) is 9.69. The fourth-order valence-electron chi connectivity index (χ4n) is 3.11. The van der Waals surface area contributed by atoms with E-state index in [2.05, 4.69) is 10.6 Å². The van der Waals surface area contributed by atoms with E-state index < -0.39 is 33.7 Å². The maximum atomic E-state index is 12.5. The van der Waals surface area contributed by atoms with Crippen LogP contribution in [0.3, 0.4) is 0 Å². The Bertz CT molecular complexity index is 1040. The van der Waals surface area contributed by atoms with E-state index in [-0.39, 0.29) is 29.0 Å². The second kappa shape index (κ2) is 10.3. The van der Waals surface area contributed by atoms with Gasteiger partial charge in [0.2, 0.25) is 0 Å². The summed E-state index contributed by atoms with van der Waals surface area (Å²) < 4.78 is 10.7. The lowest BCUT2D eigenvalue weighted by Gasteiger charge is -2.14.